The van der Waals surface area contributed by atoms with Gasteiger partial charge >= 0.3 is 0 Å². The summed E-state index contributed by atoms with van der Waals surface area (Å²) in [5.41, 5.74) is 0.317. The molecule has 72 valence electrons. The predicted molar refractivity (Wildman–Crippen MR) is 55.5 cm³/mol. The van der Waals surface area contributed by atoms with Crippen molar-refractivity contribution in [3.8, 4) is 11.8 Å². The highest BCUT2D eigenvalue weighted by Crippen LogP contribution is 2.12. The standard InChI is InChI=1S/C7H5NO.2C2H6/c8-5-6-3-1-2-4-7(6)9;2*1-2/h1-4,9H;2*1-2H3. The first-order valence-corrected chi connectivity index (χ1v) is 4.52. The van der Waals surface area contributed by atoms with E-state index in [0.29, 0.717) is 5.56 Å². The van der Waals surface area contributed by atoms with Gasteiger partial charge in [-0.15, -0.1) is 0 Å². The Bertz CT molecular complexity index is 251. The summed E-state index contributed by atoms with van der Waals surface area (Å²) in [5, 5.41) is 17.2. The van der Waals surface area contributed by atoms with Gasteiger partial charge in [-0.2, -0.15) is 5.26 Å². The lowest BCUT2D eigenvalue weighted by atomic mass is 10.2. The number of benzene rings is 1. The van der Waals surface area contributed by atoms with Crippen LogP contribution in [0.2, 0.25) is 0 Å². The SMILES string of the molecule is CC.CC.N#Cc1ccccc1O. The van der Waals surface area contributed by atoms with E-state index in [0.717, 1.165) is 0 Å². The van der Waals surface area contributed by atoms with Gasteiger partial charge in [-0.05, 0) is 12.1 Å². The third-order valence-electron chi connectivity index (χ3n) is 1.02. The molecule has 2 nitrogen and oxygen atoms in total. The van der Waals surface area contributed by atoms with Crippen LogP contribution in [-0.2, 0) is 0 Å². The second kappa shape index (κ2) is 10.5. The molecule has 0 aromatic heterocycles. The number of hydrogen-bond donors (Lipinski definition) is 1. The number of hydrogen-bond acceptors (Lipinski definition) is 2. The van der Waals surface area contributed by atoms with Gasteiger partial charge in [0.25, 0.3) is 0 Å². The third kappa shape index (κ3) is 5.75. The number of aromatic hydroxyl groups is 1. The van der Waals surface area contributed by atoms with Gasteiger partial charge in [-0.25, -0.2) is 0 Å². The highest BCUT2D eigenvalue weighted by atomic mass is 16.3. The molecule has 0 spiro atoms. The maximum Gasteiger partial charge on any atom is 0.133 e. The summed E-state index contributed by atoms with van der Waals surface area (Å²) in [6, 6.07) is 8.28. The summed E-state index contributed by atoms with van der Waals surface area (Å²) in [7, 11) is 0. The van der Waals surface area contributed by atoms with E-state index in [1.54, 1.807) is 18.2 Å². The van der Waals surface area contributed by atoms with Gasteiger partial charge in [0, 0.05) is 0 Å². The number of nitriles is 1. The Kier molecular flexibility index (Phi) is 11.4. The van der Waals surface area contributed by atoms with Crippen molar-refractivity contribution in [3.63, 3.8) is 0 Å². The highest BCUT2D eigenvalue weighted by molar-refractivity contribution is 5.41. The van der Waals surface area contributed by atoms with Crippen LogP contribution in [0.4, 0.5) is 0 Å². The van der Waals surface area contributed by atoms with Gasteiger partial charge in [0.2, 0.25) is 0 Å². The van der Waals surface area contributed by atoms with Crippen molar-refractivity contribution < 1.29 is 5.11 Å². The summed E-state index contributed by atoms with van der Waals surface area (Å²) >= 11 is 0. The van der Waals surface area contributed by atoms with Crippen molar-refractivity contribution >= 4 is 0 Å². The first-order valence-electron chi connectivity index (χ1n) is 4.52. The average molecular weight is 179 g/mol. The van der Waals surface area contributed by atoms with Crippen LogP contribution in [0, 0.1) is 11.3 Å². The van der Waals surface area contributed by atoms with Crippen LogP contribution in [0.15, 0.2) is 24.3 Å². The molecule has 1 aromatic rings. The second-order valence-corrected chi connectivity index (χ2v) is 1.63. The highest BCUT2D eigenvalue weighted by Gasteiger charge is 1.93. The Labute approximate surface area is 80.5 Å². The first-order chi connectivity index (χ1) is 6.34. The summed E-state index contributed by atoms with van der Waals surface area (Å²) in [4.78, 5) is 0. The van der Waals surface area contributed by atoms with E-state index in [-0.39, 0.29) is 5.75 Å². The normalized spacial score (nSPS) is 6.69. The molecule has 1 N–H and O–H groups in total. The quantitative estimate of drug-likeness (QED) is 0.664. The molecule has 0 fully saturated rings. The number of phenolic OH excluding ortho intramolecular Hbond substituents is 1. The molecule has 0 saturated carbocycles. The number of para-hydroxylation sites is 1. The van der Waals surface area contributed by atoms with Crippen molar-refractivity contribution in [2.75, 3.05) is 0 Å². The Balaban J connectivity index is 0. The Morgan fingerprint density at radius 3 is 1.85 bits per heavy atom. The molecule has 0 aliphatic rings. The zero-order valence-electron chi connectivity index (χ0n) is 8.70. The average Bonchev–Trinajstić information content (AvgIpc) is 2.24. The molecule has 1 aromatic carbocycles. The van der Waals surface area contributed by atoms with Crippen molar-refractivity contribution in [1.29, 1.82) is 5.26 Å². The summed E-state index contributed by atoms with van der Waals surface area (Å²) < 4.78 is 0. The van der Waals surface area contributed by atoms with E-state index in [1.165, 1.54) is 6.07 Å². The maximum absolute atomic E-state index is 8.89. The van der Waals surface area contributed by atoms with Crippen LogP contribution < -0.4 is 0 Å². The molecule has 0 aliphatic heterocycles. The Morgan fingerprint density at radius 2 is 1.54 bits per heavy atom. The molecule has 0 heterocycles. The molecular formula is C11H17NO. The fourth-order valence-corrected chi connectivity index (χ4v) is 0.568. The molecule has 0 radical (unpaired) electrons. The van der Waals surface area contributed by atoms with Crippen molar-refractivity contribution in [2.24, 2.45) is 0 Å². The van der Waals surface area contributed by atoms with Crippen molar-refractivity contribution in [2.45, 2.75) is 27.7 Å². The number of nitrogens with zero attached hydrogens (tertiary/aromatic N) is 1. The van der Waals surface area contributed by atoms with Gasteiger partial charge in [-0.1, -0.05) is 39.8 Å². The molecule has 0 saturated heterocycles. The van der Waals surface area contributed by atoms with Crippen LogP contribution in [0.25, 0.3) is 0 Å². The lowest BCUT2D eigenvalue weighted by Crippen LogP contribution is -1.71. The van der Waals surface area contributed by atoms with Crippen LogP contribution >= 0.6 is 0 Å². The molecule has 2 heteroatoms. The van der Waals surface area contributed by atoms with Crippen LogP contribution in [0.3, 0.4) is 0 Å². The van der Waals surface area contributed by atoms with Gasteiger partial charge in [0.05, 0.1) is 5.56 Å². The lowest BCUT2D eigenvalue weighted by Gasteiger charge is -1.89. The molecule has 0 unspecified atom stereocenters. The van der Waals surface area contributed by atoms with E-state index in [9.17, 15) is 0 Å². The fourth-order valence-electron chi connectivity index (χ4n) is 0.568. The van der Waals surface area contributed by atoms with E-state index < -0.39 is 0 Å². The lowest BCUT2D eigenvalue weighted by molar-refractivity contribution is 0.473. The van der Waals surface area contributed by atoms with Crippen LogP contribution in [-0.4, -0.2) is 5.11 Å². The first kappa shape index (κ1) is 14.1. The fraction of sp³-hybridized carbons (Fsp3) is 0.364. The summed E-state index contributed by atoms with van der Waals surface area (Å²) in [5.74, 6) is 0.0417. The molecule has 0 amide bonds. The van der Waals surface area contributed by atoms with E-state index in [4.69, 9.17) is 10.4 Å². The molecule has 0 aliphatic carbocycles. The van der Waals surface area contributed by atoms with Gasteiger partial charge < -0.3 is 5.11 Å². The van der Waals surface area contributed by atoms with Crippen molar-refractivity contribution in [1.82, 2.24) is 0 Å². The Morgan fingerprint density at radius 1 is 1.08 bits per heavy atom. The minimum atomic E-state index is 0.0417. The zero-order chi connectivity index (χ0) is 10.7. The summed E-state index contributed by atoms with van der Waals surface area (Å²) in [6.45, 7) is 8.00. The molecule has 0 bridgehead atoms. The minimum absolute atomic E-state index is 0.0417. The van der Waals surface area contributed by atoms with E-state index in [1.807, 2.05) is 33.8 Å². The molecule has 0 atom stereocenters. The van der Waals surface area contributed by atoms with Crippen LogP contribution in [0.5, 0.6) is 5.75 Å². The smallest absolute Gasteiger partial charge is 0.133 e. The minimum Gasteiger partial charge on any atom is -0.507 e. The number of phenols is 1. The third-order valence-corrected chi connectivity index (χ3v) is 1.02. The maximum atomic E-state index is 8.89. The molecule has 1 rings (SSSR count). The van der Waals surface area contributed by atoms with E-state index >= 15 is 0 Å². The molecule has 13 heavy (non-hydrogen) atoms. The number of rotatable bonds is 0. The monoisotopic (exact) mass is 179 g/mol. The zero-order valence-corrected chi connectivity index (χ0v) is 8.70. The Hall–Kier alpha value is -1.49. The molecular weight excluding hydrogens is 162 g/mol. The van der Waals surface area contributed by atoms with Gasteiger partial charge in [0.1, 0.15) is 11.8 Å². The summed E-state index contributed by atoms with van der Waals surface area (Å²) in [6.07, 6.45) is 0. The van der Waals surface area contributed by atoms with Gasteiger partial charge in [0.15, 0.2) is 0 Å². The second-order valence-electron chi connectivity index (χ2n) is 1.63. The van der Waals surface area contributed by atoms with Gasteiger partial charge in [-0.3, -0.25) is 0 Å². The van der Waals surface area contributed by atoms with Crippen molar-refractivity contribution in [3.05, 3.63) is 29.8 Å². The topological polar surface area (TPSA) is 44.0 Å². The largest absolute Gasteiger partial charge is 0.507 e. The predicted octanol–water partition coefficient (Wildman–Crippen LogP) is 3.32. The van der Waals surface area contributed by atoms with E-state index in [2.05, 4.69) is 0 Å². The van der Waals surface area contributed by atoms with Crippen LogP contribution in [0.1, 0.15) is 33.3 Å².